The predicted molar refractivity (Wildman–Crippen MR) is 79.9 cm³/mol. The zero-order valence-corrected chi connectivity index (χ0v) is 12.7. The summed E-state index contributed by atoms with van der Waals surface area (Å²) in [6.07, 6.45) is 0.509. The summed E-state index contributed by atoms with van der Waals surface area (Å²) in [6, 6.07) is 6.52. The van der Waals surface area contributed by atoms with E-state index in [0.717, 1.165) is 25.6 Å². The third-order valence-electron chi connectivity index (χ3n) is 4.56. The number of halogens is 1. The molecule has 1 aliphatic heterocycles. The van der Waals surface area contributed by atoms with Crippen LogP contribution in [0.25, 0.3) is 0 Å². The van der Waals surface area contributed by atoms with Crippen LogP contribution in [0.15, 0.2) is 24.3 Å². The largest absolute Gasteiger partial charge is 0.388 e. The Kier molecular flexibility index (Phi) is 5.17. The van der Waals surface area contributed by atoms with Gasteiger partial charge in [0, 0.05) is 18.7 Å². The van der Waals surface area contributed by atoms with Crippen LogP contribution < -0.4 is 0 Å². The third-order valence-corrected chi connectivity index (χ3v) is 4.56. The number of rotatable bonds is 5. The fourth-order valence-electron chi connectivity index (χ4n) is 3.10. The maximum atomic E-state index is 13.7. The van der Waals surface area contributed by atoms with Crippen LogP contribution in [0.3, 0.4) is 0 Å². The van der Waals surface area contributed by atoms with Crippen molar-refractivity contribution in [2.75, 3.05) is 19.6 Å². The van der Waals surface area contributed by atoms with Gasteiger partial charge in [-0.2, -0.15) is 0 Å². The van der Waals surface area contributed by atoms with Crippen LogP contribution in [-0.4, -0.2) is 29.6 Å². The lowest BCUT2D eigenvalue weighted by atomic mass is 9.95. The van der Waals surface area contributed by atoms with Gasteiger partial charge >= 0.3 is 0 Å². The summed E-state index contributed by atoms with van der Waals surface area (Å²) in [7, 11) is 0. The molecule has 20 heavy (non-hydrogen) atoms. The number of nitrogens with zero attached hydrogens (tertiary/aromatic N) is 1. The first-order chi connectivity index (χ1) is 9.49. The van der Waals surface area contributed by atoms with Crippen molar-refractivity contribution in [2.45, 2.75) is 33.3 Å². The van der Waals surface area contributed by atoms with Gasteiger partial charge in [0.25, 0.3) is 0 Å². The smallest absolute Gasteiger partial charge is 0.129 e. The number of hydrogen-bond donors (Lipinski definition) is 1. The predicted octanol–water partition coefficient (Wildman–Crippen LogP) is 3.47. The molecule has 0 aromatic heterocycles. The molecule has 0 spiro atoms. The molecule has 1 saturated heterocycles. The van der Waals surface area contributed by atoms with E-state index in [-0.39, 0.29) is 11.7 Å². The normalized spacial score (nSPS) is 23.2. The van der Waals surface area contributed by atoms with Crippen molar-refractivity contribution < 1.29 is 9.50 Å². The number of aliphatic hydroxyl groups excluding tert-OH is 1. The summed E-state index contributed by atoms with van der Waals surface area (Å²) in [5.74, 6) is 1.20. The molecule has 3 heteroatoms. The number of benzene rings is 1. The first-order valence-electron chi connectivity index (χ1n) is 7.64. The van der Waals surface area contributed by atoms with E-state index in [4.69, 9.17) is 0 Å². The molecule has 2 rings (SSSR count). The molecule has 1 N–H and O–H groups in total. The Morgan fingerprint density at radius 2 is 2.00 bits per heavy atom. The average Bonchev–Trinajstić information content (AvgIpc) is 2.87. The number of aliphatic hydroxyl groups is 1. The van der Waals surface area contributed by atoms with Crippen LogP contribution in [0.1, 0.15) is 38.9 Å². The number of likely N-dealkylation sites (tertiary alicyclic amines) is 1. The highest BCUT2D eigenvalue weighted by Gasteiger charge is 2.28. The first-order valence-corrected chi connectivity index (χ1v) is 7.64. The van der Waals surface area contributed by atoms with Crippen LogP contribution in [0.5, 0.6) is 0 Å². The van der Waals surface area contributed by atoms with Gasteiger partial charge < -0.3 is 10.0 Å². The molecule has 1 fully saturated rings. The van der Waals surface area contributed by atoms with Gasteiger partial charge in [0.1, 0.15) is 5.82 Å². The average molecular weight is 279 g/mol. The molecule has 0 amide bonds. The third kappa shape index (κ3) is 3.58. The van der Waals surface area contributed by atoms with Gasteiger partial charge in [0.15, 0.2) is 0 Å². The Hall–Kier alpha value is -0.930. The van der Waals surface area contributed by atoms with E-state index in [9.17, 15) is 9.50 Å². The molecule has 1 aromatic carbocycles. The minimum Gasteiger partial charge on any atom is -0.388 e. The first kappa shape index (κ1) is 15.5. The zero-order valence-electron chi connectivity index (χ0n) is 12.7. The van der Waals surface area contributed by atoms with E-state index < -0.39 is 6.10 Å². The van der Waals surface area contributed by atoms with Gasteiger partial charge in [0.05, 0.1) is 6.10 Å². The number of hydrogen-bond acceptors (Lipinski definition) is 2. The Bertz CT molecular complexity index is 435. The van der Waals surface area contributed by atoms with E-state index in [0.29, 0.717) is 11.5 Å². The van der Waals surface area contributed by atoms with Crippen molar-refractivity contribution in [1.29, 1.82) is 0 Å². The Balaban J connectivity index is 1.92. The lowest BCUT2D eigenvalue weighted by Crippen LogP contribution is -2.30. The molecule has 1 aromatic rings. The van der Waals surface area contributed by atoms with Crippen molar-refractivity contribution in [2.24, 2.45) is 17.8 Å². The minimum atomic E-state index is -0.728. The van der Waals surface area contributed by atoms with E-state index in [1.165, 1.54) is 12.5 Å². The summed E-state index contributed by atoms with van der Waals surface area (Å²) in [5.41, 5.74) is 0.416. The topological polar surface area (TPSA) is 23.5 Å². The molecule has 0 bridgehead atoms. The fraction of sp³-hybridized carbons (Fsp3) is 0.647. The van der Waals surface area contributed by atoms with Crippen LogP contribution in [0, 0.1) is 23.6 Å². The van der Waals surface area contributed by atoms with Gasteiger partial charge in [-0.05, 0) is 36.8 Å². The van der Waals surface area contributed by atoms with Crippen molar-refractivity contribution in [3.05, 3.63) is 35.6 Å². The molecular weight excluding hydrogens is 253 g/mol. The van der Waals surface area contributed by atoms with Crippen molar-refractivity contribution in [3.8, 4) is 0 Å². The molecule has 3 unspecified atom stereocenters. The Labute approximate surface area is 121 Å². The zero-order chi connectivity index (χ0) is 14.7. The van der Waals surface area contributed by atoms with Gasteiger partial charge in [-0.15, -0.1) is 0 Å². The Morgan fingerprint density at radius 3 is 2.60 bits per heavy atom. The molecule has 1 aliphatic rings. The summed E-state index contributed by atoms with van der Waals surface area (Å²) >= 11 is 0. The van der Waals surface area contributed by atoms with Crippen LogP contribution in [-0.2, 0) is 0 Å². The second-order valence-electron chi connectivity index (χ2n) is 6.50. The molecule has 0 radical (unpaired) electrons. The Morgan fingerprint density at radius 1 is 1.30 bits per heavy atom. The highest BCUT2D eigenvalue weighted by Crippen LogP contribution is 2.28. The van der Waals surface area contributed by atoms with E-state index >= 15 is 0 Å². The van der Waals surface area contributed by atoms with Crippen molar-refractivity contribution >= 4 is 0 Å². The summed E-state index contributed by atoms with van der Waals surface area (Å²) in [5, 5.41) is 10.3. The quantitative estimate of drug-likeness (QED) is 0.892. The van der Waals surface area contributed by atoms with Gasteiger partial charge in [-0.1, -0.05) is 39.0 Å². The molecule has 1 heterocycles. The van der Waals surface area contributed by atoms with Crippen molar-refractivity contribution in [1.82, 2.24) is 4.90 Å². The van der Waals surface area contributed by atoms with Gasteiger partial charge in [-0.25, -0.2) is 4.39 Å². The summed E-state index contributed by atoms with van der Waals surface area (Å²) in [4.78, 5) is 2.40. The highest BCUT2D eigenvalue weighted by atomic mass is 19.1. The maximum Gasteiger partial charge on any atom is 0.129 e. The SMILES string of the molecule is CC(C)C1CCN(CC(C)C(O)c2ccccc2F)C1. The molecule has 112 valence electrons. The van der Waals surface area contributed by atoms with E-state index in [1.54, 1.807) is 18.2 Å². The lowest BCUT2D eigenvalue weighted by Gasteiger charge is -2.25. The van der Waals surface area contributed by atoms with Crippen molar-refractivity contribution in [3.63, 3.8) is 0 Å². The standard InChI is InChI=1S/C17H26FNO/c1-12(2)14-8-9-19(11-14)10-13(3)17(20)15-6-4-5-7-16(15)18/h4-7,12-14,17,20H,8-11H2,1-3H3. The molecule has 3 atom stereocenters. The summed E-state index contributed by atoms with van der Waals surface area (Å²) in [6.45, 7) is 9.57. The molecule has 0 saturated carbocycles. The highest BCUT2D eigenvalue weighted by molar-refractivity contribution is 5.20. The monoisotopic (exact) mass is 279 g/mol. The second kappa shape index (κ2) is 6.68. The second-order valence-corrected chi connectivity index (χ2v) is 6.50. The maximum absolute atomic E-state index is 13.7. The summed E-state index contributed by atoms with van der Waals surface area (Å²) < 4.78 is 13.7. The minimum absolute atomic E-state index is 0.0396. The van der Waals surface area contributed by atoms with Gasteiger partial charge in [-0.3, -0.25) is 0 Å². The fourth-order valence-corrected chi connectivity index (χ4v) is 3.10. The lowest BCUT2D eigenvalue weighted by molar-refractivity contribution is 0.0899. The van der Waals surface area contributed by atoms with Crippen LogP contribution in [0.4, 0.5) is 4.39 Å². The molecule has 2 nitrogen and oxygen atoms in total. The van der Waals surface area contributed by atoms with E-state index in [1.807, 2.05) is 6.92 Å². The molecule has 0 aliphatic carbocycles. The van der Waals surface area contributed by atoms with Crippen LogP contribution in [0.2, 0.25) is 0 Å². The van der Waals surface area contributed by atoms with E-state index in [2.05, 4.69) is 18.7 Å². The molecular formula is C17H26FNO. The van der Waals surface area contributed by atoms with Gasteiger partial charge in [0.2, 0.25) is 0 Å². The van der Waals surface area contributed by atoms with Crippen LogP contribution >= 0.6 is 0 Å².